The van der Waals surface area contributed by atoms with E-state index < -0.39 is 11.4 Å². The van der Waals surface area contributed by atoms with Gasteiger partial charge in [-0.25, -0.2) is 14.2 Å². The molecular weight excluding hydrogens is 385 g/mol. The number of halogens is 1. The lowest BCUT2D eigenvalue weighted by molar-refractivity contribution is 0.405. The molecule has 0 aromatic carbocycles. The molecule has 1 N–H and O–H groups in total. The molecule has 0 radical (unpaired) electrons. The van der Waals surface area contributed by atoms with Gasteiger partial charge < -0.3 is 19.0 Å². The summed E-state index contributed by atoms with van der Waals surface area (Å²) in [5.74, 6) is 0.348. The first kappa shape index (κ1) is 18.7. The molecule has 0 aliphatic carbocycles. The van der Waals surface area contributed by atoms with Crippen molar-refractivity contribution in [3.63, 3.8) is 0 Å². The Balaban J connectivity index is 1.56. The zero-order chi connectivity index (χ0) is 21.0. The van der Waals surface area contributed by atoms with Gasteiger partial charge in [-0.2, -0.15) is 4.98 Å². The van der Waals surface area contributed by atoms with Crippen LogP contribution in [0, 0.1) is 12.7 Å². The van der Waals surface area contributed by atoms with E-state index >= 15 is 0 Å². The Morgan fingerprint density at radius 2 is 1.90 bits per heavy atom. The van der Waals surface area contributed by atoms with E-state index in [9.17, 15) is 9.18 Å². The van der Waals surface area contributed by atoms with Crippen molar-refractivity contribution in [2.75, 3.05) is 18.0 Å². The quantitative estimate of drug-likeness (QED) is 0.550. The molecule has 8 heteroatoms. The number of hydrogen-bond acceptors (Lipinski definition) is 6. The maximum absolute atomic E-state index is 14.2. The Kier molecular flexibility index (Phi) is 4.32. The second-order valence-electron chi connectivity index (χ2n) is 8.11. The SMILES string of the molecule is Cc1cc(F)c2nc(-c3cc4ccc(N5CC(C)NC(C)C5)nc4oc3=O)cn2c1. The minimum atomic E-state index is -0.547. The Morgan fingerprint density at radius 3 is 2.67 bits per heavy atom. The lowest BCUT2D eigenvalue weighted by Gasteiger charge is -2.36. The van der Waals surface area contributed by atoms with Crippen molar-refractivity contribution in [3.8, 4) is 11.3 Å². The van der Waals surface area contributed by atoms with Gasteiger partial charge in [-0.05, 0) is 50.6 Å². The van der Waals surface area contributed by atoms with Gasteiger partial charge in [0, 0.05) is 43.0 Å². The number of anilines is 1. The molecule has 5 rings (SSSR count). The van der Waals surface area contributed by atoms with Gasteiger partial charge in [0.2, 0.25) is 5.71 Å². The Labute approximate surface area is 172 Å². The maximum atomic E-state index is 14.2. The number of pyridine rings is 2. The van der Waals surface area contributed by atoms with Crippen LogP contribution in [-0.4, -0.2) is 39.5 Å². The number of aryl methyl sites for hydroxylation is 1. The average Bonchev–Trinajstić information content (AvgIpc) is 3.10. The standard InChI is InChI=1S/C22H22FN5O2/c1-12-6-17(23)20-25-18(11-28(20)8-12)16-7-15-4-5-19(26-21(15)30-22(16)29)27-9-13(2)24-14(3)10-27/h4-8,11,13-14,24H,9-10H2,1-3H3. The highest BCUT2D eigenvalue weighted by atomic mass is 19.1. The number of imidazole rings is 1. The molecule has 30 heavy (non-hydrogen) atoms. The fraction of sp³-hybridized carbons (Fsp3) is 0.318. The number of nitrogens with one attached hydrogen (secondary N) is 1. The highest BCUT2D eigenvalue weighted by molar-refractivity contribution is 5.80. The predicted octanol–water partition coefficient (Wildman–Crippen LogP) is 3.14. The molecule has 0 amide bonds. The van der Waals surface area contributed by atoms with Crippen LogP contribution in [0.2, 0.25) is 0 Å². The number of fused-ring (bicyclic) bond motifs is 2. The molecule has 0 spiro atoms. The largest absolute Gasteiger partial charge is 0.403 e. The summed E-state index contributed by atoms with van der Waals surface area (Å²) in [7, 11) is 0. The van der Waals surface area contributed by atoms with Crippen LogP contribution in [0.25, 0.3) is 28.0 Å². The van der Waals surface area contributed by atoms with E-state index in [1.54, 1.807) is 29.8 Å². The lowest BCUT2D eigenvalue weighted by atomic mass is 10.1. The Bertz CT molecular complexity index is 1320. The predicted molar refractivity (Wildman–Crippen MR) is 113 cm³/mol. The Hall–Kier alpha value is -3.26. The monoisotopic (exact) mass is 407 g/mol. The lowest BCUT2D eigenvalue weighted by Crippen LogP contribution is -2.54. The zero-order valence-electron chi connectivity index (χ0n) is 17.0. The van der Waals surface area contributed by atoms with Crippen molar-refractivity contribution in [3.05, 3.63) is 58.5 Å². The molecule has 1 fully saturated rings. The fourth-order valence-corrected chi connectivity index (χ4v) is 4.18. The van der Waals surface area contributed by atoms with Crippen molar-refractivity contribution in [1.82, 2.24) is 19.7 Å². The fourth-order valence-electron chi connectivity index (χ4n) is 4.18. The first-order valence-corrected chi connectivity index (χ1v) is 9.98. The third-order valence-electron chi connectivity index (χ3n) is 5.38. The van der Waals surface area contributed by atoms with Gasteiger partial charge in [0.05, 0.1) is 11.3 Å². The van der Waals surface area contributed by atoms with Crippen LogP contribution in [0.3, 0.4) is 0 Å². The van der Waals surface area contributed by atoms with Crippen LogP contribution in [0.5, 0.6) is 0 Å². The van der Waals surface area contributed by atoms with E-state index in [-0.39, 0.29) is 16.9 Å². The number of nitrogens with zero attached hydrogens (tertiary/aromatic N) is 4. The molecule has 4 aromatic heterocycles. The van der Waals surface area contributed by atoms with Crippen LogP contribution >= 0.6 is 0 Å². The second kappa shape index (κ2) is 6.91. The number of piperazine rings is 1. The topological polar surface area (TPSA) is 75.7 Å². The smallest absolute Gasteiger partial charge is 0.347 e. The van der Waals surface area contributed by atoms with Crippen molar-refractivity contribution in [1.29, 1.82) is 0 Å². The van der Waals surface area contributed by atoms with E-state index in [1.165, 1.54) is 6.07 Å². The van der Waals surface area contributed by atoms with Gasteiger partial charge in [-0.3, -0.25) is 0 Å². The minimum absolute atomic E-state index is 0.172. The second-order valence-corrected chi connectivity index (χ2v) is 8.11. The maximum Gasteiger partial charge on any atom is 0.347 e. The van der Waals surface area contributed by atoms with Crippen LogP contribution in [-0.2, 0) is 0 Å². The van der Waals surface area contributed by atoms with E-state index in [0.717, 1.165) is 24.5 Å². The summed E-state index contributed by atoms with van der Waals surface area (Å²) in [5, 5.41) is 4.18. The number of aromatic nitrogens is 3. The third-order valence-corrected chi connectivity index (χ3v) is 5.38. The number of hydrogen-bond donors (Lipinski definition) is 1. The summed E-state index contributed by atoms with van der Waals surface area (Å²) < 4.78 is 21.3. The summed E-state index contributed by atoms with van der Waals surface area (Å²) in [6.07, 6.45) is 3.40. The summed E-state index contributed by atoms with van der Waals surface area (Å²) >= 11 is 0. The highest BCUT2D eigenvalue weighted by Crippen LogP contribution is 2.24. The van der Waals surface area contributed by atoms with Crippen molar-refractivity contribution >= 4 is 22.6 Å². The van der Waals surface area contributed by atoms with Crippen molar-refractivity contribution in [2.45, 2.75) is 32.9 Å². The molecule has 0 bridgehead atoms. The molecule has 2 atom stereocenters. The van der Waals surface area contributed by atoms with Gasteiger partial charge >= 0.3 is 5.63 Å². The molecule has 2 unspecified atom stereocenters. The molecule has 1 aliphatic heterocycles. The molecular formula is C22H22FN5O2. The number of rotatable bonds is 2. The van der Waals surface area contributed by atoms with Crippen molar-refractivity contribution in [2.24, 2.45) is 0 Å². The van der Waals surface area contributed by atoms with E-state index in [4.69, 9.17) is 4.42 Å². The molecule has 7 nitrogen and oxygen atoms in total. The molecule has 1 saturated heterocycles. The normalized spacial score (nSPS) is 19.7. The van der Waals surface area contributed by atoms with E-state index in [0.29, 0.717) is 23.2 Å². The zero-order valence-corrected chi connectivity index (χ0v) is 17.0. The molecule has 5 heterocycles. The molecule has 0 saturated carbocycles. The molecule has 154 valence electrons. The van der Waals surface area contributed by atoms with Crippen molar-refractivity contribution < 1.29 is 8.81 Å². The summed E-state index contributed by atoms with van der Waals surface area (Å²) in [5.41, 5.74) is 1.32. The van der Waals surface area contributed by atoms with Crippen LogP contribution in [0.15, 0.2) is 45.9 Å². The van der Waals surface area contributed by atoms with Gasteiger partial charge in [-0.1, -0.05) is 0 Å². The molecule has 1 aliphatic rings. The van der Waals surface area contributed by atoms with E-state index in [1.807, 2.05) is 12.1 Å². The van der Waals surface area contributed by atoms with Gasteiger partial charge in [0.25, 0.3) is 0 Å². The highest BCUT2D eigenvalue weighted by Gasteiger charge is 2.22. The first-order chi connectivity index (χ1) is 14.4. The minimum Gasteiger partial charge on any atom is -0.403 e. The Morgan fingerprint density at radius 1 is 1.13 bits per heavy atom. The first-order valence-electron chi connectivity index (χ1n) is 9.98. The molecule has 4 aromatic rings. The summed E-state index contributed by atoms with van der Waals surface area (Å²) in [6.45, 7) is 7.73. The van der Waals surface area contributed by atoms with Gasteiger partial charge in [0.1, 0.15) is 5.82 Å². The van der Waals surface area contributed by atoms with Gasteiger partial charge in [-0.15, -0.1) is 0 Å². The van der Waals surface area contributed by atoms with Gasteiger partial charge in [0.15, 0.2) is 11.5 Å². The average molecular weight is 407 g/mol. The van der Waals surface area contributed by atoms with E-state index in [2.05, 4.69) is 34.0 Å². The van der Waals surface area contributed by atoms with Crippen LogP contribution in [0.4, 0.5) is 10.2 Å². The van der Waals surface area contributed by atoms with Crippen LogP contribution < -0.4 is 15.8 Å². The summed E-state index contributed by atoms with van der Waals surface area (Å²) in [4.78, 5) is 23.7. The summed E-state index contributed by atoms with van der Waals surface area (Å²) in [6, 6.07) is 7.64. The van der Waals surface area contributed by atoms with Crippen LogP contribution in [0.1, 0.15) is 19.4 Å². The third kappa shape index (κ3) is 3.23.